The van der Waals surface area contributed by atoms with Crippen molar-refractivity contribution in [2.24, 2.45) is 11.8 Å². The second kappa shape index (κ2) is 18.3. The van der Waals surface area contributed by atoms with Crippen LogP contribution in [0.25, 0.3) is 43.9 Å². The van der Waals surface area contributed by atoms with E-state index in [9.17, 15) is 0 Å². The van der Waals surface area contributed by atoms with Crippen LogP contribution in [-0.2, 0) is 21.7 Å². The van der Waals surface area contributed by atoms with Crippen LogP contribution >= 0.6 is 16.5 Å². The van der Waals surface area contributed by atoms with E-state index >= 15 is 0 Å². The zero-order chi connectivity index (χ0) is 49.7. The maximum absolute atomic E-state index is 7.47. The maximum atomic E-state index is 7.47. The lowest BCUT2D eigenvalue weighted by Crippen LogP contribution is -2.43. The summed E-state index contributed by atoms with van der Waals surface area (Å²) in [4.78, 5) is 0. The molecule has 6 aromatic rings. The molecule has 8 rings (SSSR count). The number of rotatable bonds is 5. The van der Waals surface area contributed by atoms with Crippen LogP contribution in [0.3, 0.4) is 0 Å². The summed E-state index contributed by atoms with van der Waals surface area (Å²) in [6.07, 6.45) is 8.54. The second-order valence-corrected chi connectivity index (χ2v) is 27.3. The van der Waals surface area contributed by atoms with Gasteiger partial charge in [-0.3, -0.25) is 9.05 Å². The van der Waals surface area contributed by atoms with Crippen LogP contribution in [0.4, 0.5) is 0 Å². The van der Waals surface area contributed by atoms with Crippen molar-refractivity contribution in [1.29, 1.82) is 0 Å². The molecule has 2 aliphatic carbocycles. The molecule has 2 aliphatic rings. The molecule has 5 atom stereocenters. The summed E-state index contributed by atoms with van der Waals surface area (Å²) in [5.74, 6) is 0.535. The Bertz CT molecular complexity index is 2920. The lowest BCUT2D eigenvalue weighted by molar-refractivity contribution is 0.0152. The predicted octanol–water partition coefficient (Wildman–Crippen LogP) is 19.2. The number of benzene rings is 4. The Kier molecular flexibility index (Phi) is 13.7. The van der Waals surface area contributed by atoms with Crippen LogP contribution < -0.4 is 9.05 Å². The molecular formula is C60H84O6P2. The molecule has 0 aliphatic heterocycles. The smallest absolute Gasteiger partial charge is 0.387 e. The molecule has 0 bridgehead atoms. The van der Waals surface area contributed by atoms with E-state index in [1.54, 1.807) is 0 Å². The Morgan fingerprint density at radius 1 is 0.382 bits per heavy atom. The third-order valence-corrected chi connectivity index (χ3v) is 18.4. The first-order valence-electron chi connectivity index (χ1n) is 25.8. The molecule has 6 nitrogen and oxygen atoms in total. The first-order valence-corrected chi connectivity index (χ1v) is 28.0. The van der Waals surface area contributed by atoms with Crippen molar-refractivity contribution in [3.05, 3.63) is 91.0 Å². The lowest BCUT2D eigenvalue weighted by atomic mass is 9.70. The Hall–Kier alpha value is -3.40. The Morgan fingerprint density at radius 2 is 0.706 bits per heavy atom. The van der Waals surface area contributed by atoms with Gasteiger partial charge in [-0.15, -0.1) is 0 Å². The SMILES string of the molecule is Cc1cc(C(C)(C)C)c2op(OC3CCCCC3C3CCCCC3Op3oc4c(C(C)(C)C)cc(C)c(C)c4c4c(C)c(C)cc(C(C)(C)C)c4o3)oc3cc(C(C)(C)C)c(C)c(C)c3c2c1C. The van der Waals surface area contributed by atoms with Gasteiger partial charge in [0, 0.05) is 38.2 Å². The van der Waals surface area contributed by atoms with E-state index in [4.69, 9.17) is 25.8 Å². The van der Waals surface area contributed by atoms with E-state index in [1.807, 2.05) is 0 Å². The Morgan fingerprint density at radius 3 is 1.06 bits per heavy atom. The Labute approximate surface area is 411 Å². The van der Waals surface area contributed by atoms with E-state index in [0.717, 1.165) is 82.4 Å². The van der Waals surface area contributed by atoms with Crippen LogP contribution in [0.2, 0.25) is 0 Å². The summed E-state index contributed by atoms with van der Waals surface area (Å²) in [6.45, 7) is 45.5. The van der Waals surface area contributed by atoms with Crippen molar-refractivity contribution in [3.8, 4) is 0 Å². The summed E-state index contributed by atoms with van der Waals surface area (Å²) < 4.78 is 44.1. The van der Waals surface area contributed by atoms with Gasteiger partial charge in [-0.2, -0.15) is 0 Å². The third kappa shape index (κ3) is 9.44. The number of fused-ring (bicyclic) bond motifs is 6. The molecule has 68 heavy (non-hydrogen) atoms. The fourth-order valence-corrected chi connectivity index (χ4v) is 14.3. The molecule has 8 heteroatoms. The molecule has 0 spiro atoms. The summed E-state index contributed by atoms with van der Waals surface area (Å²) in [7, 11) is -3.65. The van der Waals surface area contributed by atoms with Crippen molar-refractivity contribution < 1.29 is 25.8 Å². The molecule has 2 heterocycles. The first kappa shape index (κ1) is 51.0. The van der Waals surface area contributed by atoms with Gasteiger partial charge in [0.05, 0.1) is 12.2 Å². The van der Waals surface area contributed by atoms with Crippen molar-refractivity contribution in [2.45, 2.75) is 224 Å². The largest absolute Gasteiger partial charge is 0.399 e. The normalized spacial score (nSPS) is 20.3. The second-order valence-electron chi connectivity index (χ2n) is 25.3. The van der Waals surface area contributed by atoms with Gasteiger partial charge < -0.3 is 16.8 Å². The predicted molar refractivity (Wildman–Crippen MR) is 290 cm³/mol. The standard InChI is InChI=1S/C60H84O6P2/c1-33-29-44(58(12,13)14)54-51(36(33)4)50-40(8)39(7)43(57(9,10)11)32-49(50)63-67(64-54)61-47-27-23-21-25-41(47)42-26-22-24-28-48(42)62-68-65-55-45(59(15,16)17)30-34(2)37(5)52(55)53-38(6)35(3)31-46(56(53)66-68)60(18,19)20/h29-32,41-42,47-48H,21-28H2,1-20H3. The molecule has 0 saturated heterocycles. The fourth-order valence-electron chi connectivity index (χ4n) is 11.7. The van der Waals surface area contributed by atoms with Gasteiger partial charge in [0.1, 0.15) is 22.3 Å². The first-order chi connectivity index (χ1) is 31.6. The average molecular weight is 963 g/mol. The van der Waals surface area contributed by atoms with Crippen molar-refractivity contribution in [3.63, 3.8) is 0 Å². The van der Waals surface area contributed by atoms with Gasteiger partial charge in [0.25, 0.3) is 0 Å². The minimum absolute atomic E-state index is 0.0474. The number of hydrogen-bond donors (Lipinski definition) is 0. The molecule has 2 fully saturated rings. The minimum atomic E-state index is -1.83. The highest BCUT2D eigenvalue weighted by Gasteiger charge is 2.41. The zero-order valence-corrected chi connectivity index (χ0v) is 47.4. The van der Waals surface area contributed by atoms with Gasteiger partial charge in [-0.05, 0) is 171 Å². The average Bonchev–Trinajstić information content (AvgIpc) is 3.50. The summed E-state index contributed by atoms with van der Waals surface area (Å²) >= 11 is 0. The lowest BCUT2D eigenvalue weighted by Gasteiger charge is -2.41. The van der Waals surface area contributed by atoms with E-state index in [-0.39, 0.29) is 45.7 Å². The van der Waals surface area contributed by atoms with Gasteiger partial charge in [-0.1, -0.05) is 127 Å². The van der Waals surface area contributed by atoms with Crippen molar-refractivity contribution >= 4 is 60.4 Å². The van der Waals surface area contributed by atoms with Crippen molar-refractivity contribution in [2.75, 3.05) is 0 Å². The van der Waals surface area contributed by atoms with Gasteiger partial charge in [0.2, 0.25) is 0 Å². The molecule has 4 aromatic carbocycles. The number of hydrogen-bond acceptors (Lipinski definition) is 6. The van der Waals surface area contributed by atoms with Crippen LogP contribution in [-0.4, -0.2) is 12.2 Å². The molecule has 0 radical (unpaired) electrons. The Balaban J connectivity index is 1.30. The van der Waals surface area contributed by atoms with E-state index < -0.39 is 16.5 Å². The summed E-state index contributed by atoms with van der Waals surface area (Å²) in [5.41, 5.74) is 17.9. The molecule has 0 amide bonds. The van der Waals surface area contributed by atoms with Crippen LogP contribution in [0.5, 0.6) is 0 Å². The maximum Gasteiger partial charge on any atom is 0.387 e. The van der Waals surface area contributed by atoms with E-state index in [1.165, 1.54) is 79.6 Å². The van der Waals surface area contributed by atoms with Crippen LogP contribution in [0.15, 0.2) is 41.1 Å². The highest BCUT2D eigenvalue weighted by Crippen LogP contribution is 2.50. The number of aryl methyl sites for hydroxylation is 7. The molecule has 2 saturated carbocycles. The summed E-state index contributed by atoms with van der Waals surface area (Å²) in [6, 6.07) is 9.31. The monoisotopic (exact) mass is 963 g/mol. The molecule has 0 N–H and O–H groups in total. The van der Waals surface area contributed by atoms with Gasteiger partial charge in [0.15, 0.2) is 0 Å². The van der Waals surface area contributed by atoms with E-state index in [2.05, 4.69) is 163 Å². The quantitative estimate of drug-likeness (QED) is 0.171. The zero-order valence-electron chi connectivity index (χ0n) is 45.6. The highest BCUT2D eigenvalue weighted by atomic mass is 31.1. The fraction of sp³-hybridized carbons (Fsp3) is 0.600. The van der Waals surface area contributed by atoms with Crippen LogP contribution in [0.1, 0.15) is 201 Å². The van der Waals surface area contributed by atoms with Crippen LogP contribution in [0, 0.1) is 67.2 Å². The summed E-state index contributed by atoms with van der Waals surface area (Å²) in [5, 5.41) is 4.59. The minimum Gasteiger partial charge on any atom is -0.399 e. The van der Waals surface area contributed by atoms with Gasteiger partial charge in [-0.25, -0.2) is 0 Å². The molecule has 370 valence electrons. The molecular weight excluding hydrogens is 879 g/mol. The highest BCUT2D eigenvalue weighted by molar-refractivity contribution is 7.32. The molecule has 5 unspecified atom stereocenters. The molecule has 2 aromatic heterocycles. The van der Waals surface area contributed by atoms with E-state index in [0.29, 0.717) is 0 Å². The van der Waals surface area contributed by atoms with Crippen molar-refractivity contribution in [1.82, 2.24) is 0 Å². The van der Waals surface area contributed by atoms with Gasteiger partial charge >= 0.3 is 16.5 Å². The topological polar surface area (TPSA) is 71.0 Å². The third-order valence-electron chi connectivity index (χ3n) is 16.2.